The van der Waals surface area contributed by atoms with Crippen LogP contribution in [0.25, 0.3) is 17.2 Å². The first kappa shape index (κ1) is 33.8. The minimum atomic E-state index is 0.0279. The lowest BCUT2D eigenvalue weighted by molar-refractivity contribution is 0.104. The zero-order valence-corrected chi connectivity index (χ0v) is 28.0. The highest BCUT2D eigenvalue weighted by Gasteiger charge is 2.42. The summed E-state index contributed by atoms with van der Waals surface area (Å²) in [5.41, 5.74) is 7.62. The minimum absolute atomic E-state index is 0.0279. The van der Waals surface area contributed by atoms with Crippen LogP contribution < -0.4 is 4.74 Å². The van der Waals surface area contributed by atoms with E-state index in [9.17, 15) is 4.79 Å². The lowest BCUT2D eigenvalue weighted by Crippen LogP contribution is -2.25. The standard InChI is InChI=1S/C42H56O2/c1-5-9-12-16-29-42(30-17-13-10-6-2)39-20-15-14-19-37(39)38-27-21-34(31-40(38)42)22-28-41(43)35-23-25-36(26-24-35)44-32-33(8-4)18-11-7-3/h14-15,19-28,31,33H,5-13,16-18,29-30,32H2,1-4H3/b28-22+. The number of rotatable bonds is 20. The molecule has 2 heteroatoms. The van der Waals surface area contributed by atoms with Gasteiger partial charge in [-0.15, -0.1) is 0 Å². The monoisotopic (exact) mass is 592 g/mol. The van der Waals surface area contributed by atoms with E-state index in [4.69, 9.17) is 4.74 Å². The highest BCUT2D eigenvalue weighted by atomic mass is 16.5. The number of allylic oxidation sites excluding steroid dienone is 1. The Labute approximate surface area is 268 Å². The molecule has 0 radical (unpaired) electrons. The summed E-state index contributed by atoms with van der Waals surface area (Å²) in [6, 6.07) is 23.6. The Kier molecular flexibility index (Phi) is 13.3. The van der Waals surface area contributed by atoms with E-state index in [2.05, 4.69) is 70.2 Å². The van der Waals surface area contributed by atoms with Crippen LogP contribution >= 0.6 is 0 Å². The average molecular weight is 593 g/mol. The first-order valence-electron chi connectivity index (χ1n) is 17.8. The van der Waals surface area contributed by atoms with Crippen LogP contribution in [-0.2, 0) is 5.41 Å². The van der Waals surface area contributed by atoms with Gasteiger partial charge in [-0.3, -0.25) is 4.79 Å². The third-order valence-corrected chi connectivity index (χ3v) is 9.80. The molecule has 0 saturated heterocycles. The van der Waals surface area contributed by atoms with Gasteiger partial charge in [0.15, 0.2) is 5.78 Å². The molecule has 3 aromatic carbocycles. The first-order valence-corrected chi connectivity index (χ1v) is 17.8. The minimum Gasteiger partial charge on any atom is -0.493 e. The smallest absolute Gasteiger partial charge is 0.185 e. The number of ether oxygens (including phenoxy) is 1. The molecular formula is C42H56O2. The topological polar surface area (TPSA) is 26.3 Å². The fraction of sp³-hybridized carbons (Fsp3) is 0.500. The van der Waals surface area contributed by atoms with Gasteiger partial charge >= 0.3 is 0 Å². The number of carbonyl (C=O) groups excluding carboxylic acids is 1. The lowest BCUT2D eigenvalue weighted by atomic mass is 9.70. The number of fused-ring (bicyclic) bond motifs is 3. The van der Waals surface area contributed by atoms with Crippen LogP contribution in [0, 0.1) is 5.92 Å². The van der Waals surface area contributed by atoms with E-state index in [1.54, 1.807) is 6.08 Å². The van der Waals surface area contributed by atoms with Gasteiger partial charge in [0, 0.05) is 11.0 Å². The Balaban J connectivity index is 1.52. The Morgan fingerprint density at radius 2 is 1.39 bits per heavy atom. The van der Waals surface area contributed by atoms with Crippen molar-refractivity contribution in [3.05, 3.63) is 95.1 Å². The van der Waals surface area contributed by atoms with Crippen LogP contribution in [0.2, 0.25) is 0 Å². The molecule has 0 N–H and O–H groups in total. The molecule has 1 atom stereocenters. The molecule has 0 saturated carbocycles. The maximum atomic E-state index is 13.2. The van der Waals surface area contributed by atoms with E-state index in [0.29, 0.717) is 11.5 Å². The number of hydrogen-bond acceptors (Lipinski definition) is 2. The second-order valence-electron chi connectivity index (χ2n) is 13.0. The Bertz CT molecular complexity index is 1320. The zero-order valence-electron chi connectivity index (χ0n) is 28.0. The Morgan fingerprint density at radius 1 is 0.727 bits per heavy atom. The van der Waals surface area contributed by atoms with Gasteiger partial charge in [-0.1, -0.05) is 147 Å². The quantitative estimate of drug-likeness (QED) is 0.0741. The zero-order chi connectivity index (χ0) is 31.2. The van der Waals surface area contributed by atoms with E-state index < -0.39 is 0 Å². The van der Waals surface area contributed by atoms with Crippen molar-refractivity contribution in [3.8, 4) is 16.9 Å². The molecule has 1 unspecified atom stereocenters. The number of benzene rings is 3. The Hall–Kier alpha value is -3.13. The summed E-state index contributed by atoms with van der Waals surface area (Å²) in [5.74, 6) is 1.46. The van der Waals surface area contributed by atoms with Crippen molar-refractivity contribution in [2.75, 3.05) is 6.61 Å². The molecule has 1 aliphatic carbocycles. The molecule has 0 aliphatic heterocycles. The van der Waals surface area contributed by atoms with Crippen molar-refractivity contribution < 1.29 is 9.53 Å². The molecule has 1 aliphatic rings. The highest BCUT2D eigenvalue weighted by molar-refractivity contribution is 6.07. The molecule has 0 bridgehead atoms. The number of ketones is 1. The predicted molar refractivity (Wildman–Crippen MR) is 189 cm³/mol. The normalized spacial score (nSPS) is 14.0. The molecular weight excluding hydrogens is 536 g/mol. The van der Waals surface area contributed by atoms with Gasteiger partial charge in [0.25, 0.3) is 0 Å². The van der Waals surface area contributed by atoms with Crippen molar-refractivity contribution in [3.63, 3.8) is 0 Å². The summed E-state index contributed by atoms with van der Waals surface area (Å²) in [7, 11) is 0. The highest BCUT2D eigenvalue weighted by Crippen LogP contribution is 2.54. The van der Waals surface area contributed by atoms with E-state index in [-0.39, 0.29) is 11.2 Å². The number of unbranched alkanes of at least 4 members (excludes halogenated alkanes) is 7. The van der Waals surface area contributed by atoms with Gasteiger partial charge in [0.1, 0.15) is 5.75 Å². The molecule has 3 aromatic rings. The molecule has 44 heavy (non-hydrogen) atoms. The van der Waals surface area contributed by atoms with Crippen LogP contribution in [0.5, 0.6) is 5.75 Å². The summed E-state index contributed by atoms with van der Waals surface area (Å²) in [6.07, 6.45) is 21.2. The van der Waals surface area contributed by atoms with Crippen LogP contribution in [0.15, 0.2) is 72.8 Å². The SMILES string of the molecule is CCCCCCC1(CCCCCC)c2ccccc2-c2ccc(/C=C/C(=O)c3ccc(OCC(CC)CCCC)cc3)cc21. The summed E-state index contributed by atoms with van der Waals surface area (Å²) in [4.78, 5) is 13.2. The fourth-order valence-electron chi connectivity index (χ4n) is 7.04. The molecule has 2 nitrogen and oxygen atoms in total. The van der Waals surface area contributed by atoms with Gasteiger partial charge in [-0.25, -0.2) is 0 Å². The number of carbonyl (C=O) groups is 1. The number of hydrogen-bond donors (Lipinski definition) is 0. The van der Waals surface area contributed by atoms with Gasteiger partial charge < -0.3 is 4.74 Å². The van der Waals surface area contributed by atoms with Crippen LogP contribution in [0.3, 0.4) is 0 Å². The summed E-state index contributed by atoms with van der Waals surface area (Å²) < 4.78 is 6.06. The van der Waals surface area contributed by atoms with Gasteiger partial charge in [0.2, 0.25) is 0 Å². The van der Waals surface area contributed by atoms with Crippen molar-refractivity contribution in [1.29, 1.82) is 0 Å². The predicted octanol–water partition coefficient (Wildman–Crippen LogP) is 12.4. The first-order chi connectivity index (χ1) is 21.6. The Morgan fingerprint density at radius 3 is 2.05 bits per heavy atom. The molecule has 4 rings (SSSR count). The lowest BCUT2D eigenvalue weighted by Gasteiger charge is -2.33. The summed E-state index contributed by atoms with van der Waals surface area (Å²) in [6.45, 7) is 9.79. The van der Waals surface area contributed by atoms with E-state index in [1.807, 2.05) is 30.3 Å². The van der Waals surface area contributed by atoms with Crippen LogP contribution in [0.1, 0.15) is 145 Å². The molecule has 0 heterocycles. The third kappa shape index (κ3) is 8.52. The van der Waals surface area contributed by atoms with Gasteiger partial charge in [-0.05, 0) is 83.3 Å². The summed E-state index contributed by atoms with van der Waals surface area (Å²) in [5, 5.41) is 0. The van der Waals surface area contributed by atoms with Crippen LogP contribution in [-0.4, -0.2) is 12.4 Å². The molecule has 0 amide bonds. The maximum absolute atomic E-state index is 13.2. The second kappa shape index (κ2) is 17.4. The largest absolute Gasteiger partial charge is 0.493 e. The third-order valence-electron chi connectivity index (χ3n) is 9.80. The van der Waals surface area contributed by atoms with E-state index >= 15 is 0 Å². The summed E-state index contributed by atoms with van der Waals surface area (Å²) >= 11 is 0. The van der Waals surface area contributed by atoms with Gasteiger partial charge in [-0.2, -0.15) is 0 Å². The maximum Gasteiger partial charge on any atom is 0.185 e. The fourth-order valence-corrected chi connectivity index (χ4v) is 7.04. The van der Waals surface area contributed by atoms with Crippen molar-refractivity contribution in [1.82, 2.24) is 0 Å². The molecule has 0 fully saturated rings. The second-order valence-corrected chi connectivity index (χ2v) is 13.0. The van der Waals surface area contributed by atoms with E-state index in [1.165, 1.54) is 106 Å². The molecule has 0 spiro atoms. The van der Waals surface area contributed by atoms with Crippen LogP contribution in [0.4, 0.5) is 0 Å². The van der Waals surface area contributed by atoms with E-state index in [0.717, 1.165) is 24.3 Å². The molecule has 236 valence electrons. The molecule has 0 aromatic heterocycles. The van der Waals surface area contributed by atoms with Gasteiger partial charge in [0.05, 0.1) is 6.61 Å². The average Bonchev–Trinajstić information content (AvgIpc) is 3.33. The van der Waals surface area contributed by atoms with Crippen molar-refractivity contribution in [2.45, 2.75) is 123 Å². The van der Waals surface area contributed by atoms with Crippen molar-refractivity contribution in [2.24, 2.45) is 5.92 Å². The van der Waals surface area contributed by atoms with Crippen molar-refractivity contribution >= 4 is 11.9 Å².